The van der Waals surface area contributed by atoms with Crippen LogP contribution in [0.2, 0.25) is 0 Å². The van der Waals surface area contributed by atoms with Gasteiger partial charge in [-0.25, -0.2) is 14.4 Å². The molecule has 27 heavy (non-hydrogen) atoms. The number of alkyl carbamates (subject to hydrolysis) is 1. The Kier molecular flexibility index (Phi) is 14.2. The van der Waals surface area contributed by atoms with Crippen molar-refractivity contribution >= 4 is 23.9 Å². The molecule has 9 nitrogen and oxygen atoms in total. The minimum Gasteiger partial charge on any atom is -0.459 e. The van der Waals surface area contributed by atoms with Gasteiger partial charge in [0.25, 0.3) is 0 Å². The molecule has 154 valence electrons. The average molecular weight is 385 g/mol. The molecule has 0 unspecified atom stereocenters. The van der Waals surface area contributed by atoms with Gasteiger partial charge in [-0.1, -0.05) is 31.5 Å². The largest absolute Gasteiger partial charge is 0.459 e. The molecule has 0 saturated carbocycles. The molecule has 9 heteroatoms. The number of ether oxygens (including phenoxy) is 2. The number of carbonyl (C=O) groups is 3. The summed E-state index contributed by atoms with van der Waals surface area (Å²) >= 11 is 0. The summed E-state index contributed by atoms with van der Waals surface area (Å²) in [5.74, 6) is -0.509. The van der Waals surface area contributed by atoms with Crippen molar-refractivity contribution in [2.45, 2.75) is 52.9 Å². The van der Waals surface area contributed by atoms with Gasteiger partial charge in [-0.15, -0.1) is 0 Å². The van der Waals surface area contributed by atoms with Crippen LogP contribution in [0.3, 0.4) is 0 Å². The Hall–Kier alpha value is -2.58. The summed E-state index contributed by atoms with van der Waals surface area (Å²) in [4.78, 5) is 38.5. The fourth-order valence-electron chi connectivity index (χ4n) is 1.64. The summed E-state index contributed by atoms with van der Waals surface area (Å²) in [6, 6.07) is 0. The lowest BCUT2D eigenvalue weighted by atomic mass is 10.2. The highest BCUT2D eigenvalue weighted by atomic mass is 16.7. The number of amides is 2. The number of hydrogen-bond acceptors (Lipinski definition) is 7. The maximum atomic E-state index is 11.4. The second kappa shape index (κ2) is 15.7. The first kappa shape index (κ1) is 24.4. The molecule has 0 atom stereocenters. The van der Waals surface area contributed by atoms with E-state index in [1.165, 1.54) is 0 Å². The van der Waals surface area contributed by atoms with Crippen LogP contribution in [0.5, 0.6) is 0 Å². The van der Waals surface area contributed by atoms with Crippen LogP contribution in [0.25, 0.3) is 0 Å². The first-order valence-electron chi connectivity index (χ1n) is 9.08. The minimum atomic E-state index is -0.554. The van der Waals surface area contributed by atoms with Gasteiger partial charge in [0.1, 0.15) is 13.2 Å². The van der Waals surface area contributed by atoms with E-state index in [9.17, 15) is 14.4 Å². The van der Waals surface area contributed by atoms with Crippen LogP contribution in [0.1, 0.15) is 52.9 Å². The van der Waals surface area contributed by atoms with Crippen molar-refractivity contribution in [3.05, 3.63) is 12.2 Å². The van der Waals surface area contributed by atoms with Crippen LogP contribution in [-0.2, 0) is 19.1 Å². The van der Waals surface area contributed by atoms with Crippen LogP contribution < -0.4 is 10.6 Å². The van der Waals surface area contributed by atoms with Gasteiger partial charge >= 0.3 is 18.2 Å². The third-order valence-corrected chi connectivity index (χ3v) is 3.34. The monoisotopic (exact) mass is 385 g/mol. The van der Waals surface area contributed by atoms with Gasteiger partial charge in [0.15, 0.2) is 0 Å². The van der Waals surface area contributed by atoms with Crippen LogP contribution in [0, 0.1) is 0 Å². The Labute approximate surface area is 160 Å². The van der Waals surface area contributed by atoms with Gasteiger partial charge in [0.2, 0.25) is 0 Å². The van der Waals surface area contributed by atoms with Crippen molar-refractivity contribution in [3.8, 4) is 0 Å². The van der Waals surface area contributed by atoms with Gasteiger partial charge in [-0.3, -0.25) is 4.84 Å². The maximum absolute atomic E-state index is 11.4. The first-order chi connectivity index (χ1) is 12.9. The zero-order chi connectivity index (χ0) is 20.5. The number of nitrogens with one attached hydrogen (secondary N) is 2. The van der Waals surface area contributed by atoms with Crippen LogP contribution >= 0.6 is 0 Å². The summed E-state index contributed by atoms with van der Waals surface area (Å²) in [5.41, 5.74) is 1.05. The second-order valence-corrected chi connectivity index (χ2v) is 5.88. The number of nitrogens with zero attached hydrogens (tertiary/aromatic N) is 1. The molecular formula is C18H31N3O6. The van der Waals surface area contributed by atoms with Gasteiger partial charge in [-0.05, 0) is 33.1 Å². The van der Waals surface area contributed by atoms with Crippen LogP contribution in [0.4, 0.5) is 9.59 Å². The van der Waals surface area contributed by atoms with Crippen molar-refractivity contribution in [2.24, 2.45) is 5.16 Å². The van der Waals surface area contributed by atoms with E-state index in [1.54, 1.807) is 13.8 Å². The SMILES string of the molecule is C=C(C)C(=O)OCCOC(=O)NCCCCCCNC(=O)ON=C(C)CC. The van der Waals surface area contributed by atoms with E-state index >= 15 is 0 Å². The molecule has 0 aromatic heterocycles. The Balaban J connectivity index is 3.46. The molecule has 0 spiro atoms. The Morgan fingerprint density at radius 1 is 0.889 bits per heavy atom. The lowest BCUT2D eigenvalue weighted by molar-refractivity contribution is -0.139. The van der Waals surface area contributed by atoms with E-state index in [-0.39, 0.29) is 13.2 Å². The number of oxime groups is 1. The summed E-state index contributed by atoms with van der Waals surface area (Å²) in [7, 11) is 0. The molecule has 0 saturated heterocycles. The zero-order valence-corrected chi connectivity index (χ0v) is 16.5. The van der Waals surface area contributed by atoms with E-state index in [2.05, 4.69) is 27.2 Å². The van der Waals surface area contributed by atoms with Crippen LogP contribution in [-0.4, -0.2) is 50.2 Å². The van der Waals surface area contributed by atoms with Crippen LogP contribution in [0.15, 0.2) is 17.3 Å². The standard InChI is InChI=1S/C18H31N3O6/c1-5-15(4)21-27-18(24)20-11-9-7-6-8-10-19-17(23)26-13-12-25-16(22)14(2)3/h2,5-13H2,1,3-4H3,(H,19,23)(H,20,24). The molecule has 2 amide bonds. The topological polar surface area (TPSA) is 115 Å². The summed E-state index contributed by atoms with van der Waals surface area (Å²) in [5, 5.41) is 8.89. The van der Waals surface area contributed by atoms with E-state index in [0.29, 0.717) is 18.7 Å². The highest BCUT2D eigenvalue weighted by molar-refractivity contribution is 5.86. The number of esters is 1. The maximum Gasteiger partial charge on any atom is 0.433 e. The molecule has 0 aliphatic carbocycles. The Morgan fingerprint density at radius 3 is 2.00 bits per heavy atom. The Bertz CT molecular complexity index is 519. The molecule has 0 fully saturated rings. The van der Waals surface area contributed by atoms with Gasteiger partial charge in [-0.2, -0.15) is 0 Å². The molecule has 0 radical (unpaired) electrons. The smallest absolute Gasteiger partial charge is 0.433 e. The highest BCUT2D eigenvalue weighted by Crippen LogP contribution is 1.98. The number of carbonyl (C=O) groups excluding carboxylic acids is 3. The van der Waals surface area contributed by atoms with Crippen molar-refractivity contribution < 1.29 is 28.7 Å². The summed E-state index contributed by atoms with van der Waals surface area (Å²) in [6.07, 6.45) is 3.05. The zero-order valence-electron chi connectivity index (χ0n) is 16.5. The lowest BCUT2D eigenvalue weighted by Crippen LogP contribution is -2.27. The molecule has 0 aromatic rings. The van der Waals surface area contributed by atoms with Gasteiger partial charge in [0, 0.05) is 18.7 Å². The first-order valence-corrected chi connectivity index (χ1v) is 9.08. The predicted molar refractivity (Wildman–Crippen MR) is 101 cm³/mol. The number of unbranched alkanes of at least 4 members (excludes halogenated alkanes) is 3. The fourth-order valence-corrected chi connectivity index (χ4v) is 1.64. The van der Waals surface area contributed by atoms with E-state index in [1.807, 2.05) is 6.92 Å². The van der Waals surface area contributed by atoms with Crippen molar-refractivity contribution in [2.75, 3.05) is 26.3 Å². The second-order valence-electron chi connectivity index (χ2n) is 5.88. The lowest BCUT2D eigenvalue weighted by Gasteiger charge is -2.08. The van der Waals surface area contributed by atoms with Crippen molar-refractivity contribution in [1.82, 2.24) is 10.6 Å². The van der Waals surface area contributed by atoms with Gasteiger partial charge in [0.05, 0.1) is 5.71 Å². The normalized spacial score (nSPS) is 10.7. The minimum absolute atomic E-state index is 0.00211. The molecule has 0 bridgehead atoms. The third kappa shape index (κ3) is 15.4. The van der Waals surface area contributed by atoms with Crippen molar-refractivity contribution in [3.63, 3.8) is 0 Å². The number of hydrogen-bond donors (Lipinski definition) is 2. The van der Waals surface area contributed by atoms with Crippen molar-refractivity contribution in [1.29, 1.82) is 0 Å². The van der Waals surface area contributed by atoms with E-state index < -0.39 is 18.2 Å². The summed E-state index contributed by atoms with van der Waals surface area (Å²) < 4.78 is 9.66. The molecule has 0 aromatic carbocycles. The summed E-state index contributed by atoms with van der Waals surface area (Å²) in [6.45, 7) is 9.70. The van der Waals surface area contributed by atoms with Gasteiger partial charge < -0.3 is 20.1 Å². The molecule has 0 heterocycles. The third-order valence-electron chi connectivity index (χ3n) is 3.34. The average Bonchev–Trinajstić information content (AvgIpc) is 2.64. The van der Waals surface area contributed by atoms with E-state index in [4.69, 9.17) is 9.47 Å². The predicted octanol–water partition coefficient (Wildman–Crippen LogP) is 2.90. The Morgan fingerprint density at radius 2 is 1.44 bits per heavy atom. The van der Waals surface area contributed by atoms with E-state index in [0.717, 1.165) is 37.8 Å². The fraction of sp³-hybridized carbons (Fsp3) is 0.667. The quantitative estimate of drug-likeness (QED) is 0.126. The number of rotatable bonds is 13. The molecule has 2 N–H and O–H groups in total. The molecule has 0 rings (SSSR count). The molecular weight excluding hydrogens is 354 g/mol. The molecule has 0 aliphatic rings. The highest BCUT2D eigenvalue weighted by Gasteiger charge is 2.05. The molecule has 0 aliphatic heterocycles.